The zero-order valence-electron chi connectivity index (χ0n) is 19.8. The Morgan fingerprint density at radius 2 is 1.76 bits per heavy atom. The summed E-state index contributed by atoms with van der Waals surface area (Å²) in [6.07, 6.45) is 1.88. The van der Waals surface area contributed by atoms with Gasteiger partial charge < -0.3 is 15.0 Å². The predicted molar refractivity (Wildman–Crippen MR) is 134 cm³/mol. The molecule has 0 heterocycles. The highest BCUT2D eigenvalue weighted by Crippen LogP contribution is 2.38. The monoisotopic (exact) mass is 440 g/mol. The molecule has 1 aromatic rings. The molecule has 0 spiro atoms. The van der Waals surface area contributed by atoms with Crippen LogP contribution >= 0.6 is 24.4 Å². The molecule has 1 aliphatic carbocycles. The lowest BCUT2D eigenvalue weighted by Crippen LogP contribution is -2.32. The van der Waals surface area contributed by atoms with Crippen molar-refractivity contribution in [1.82, 2.24) is 5.32 Å². The number of rotatable bonds is 8. The lowest BCUT2D eigenvalue weighted by atomic mass is 9.73. The Kier molecular flexibility index (Phi) is 12.9. The third-order valence-electron chi connectivity index (χ3n) is 4.67. The first-order chi connectivity index (χ1) is 13.6. The maximum atomic E-state index is 11.6. The van der Waals surface area contributed by atoms with Crippen molar-refractivity contribution in [2.75, 3.05) is 45.3 Å². The number of ether oxygens (including phenoxy) is 1. The van der Waals surface area contributed by atoms with Crippen LogP contribution in [0.25, 0.3) is 0 Å². The average Bonchev–Trinajstić information content (AvgIpc) is 2.65. The normalized spacial score (nSPS) is 13.3. The van der Waals surface area contributed by atoms with E-state index in [-0.39, 0.29) is 10.8 Å². The molecular weight excluding hydrogens is 400 g/mol. The smallest absolute Gasteiger partial charge is 0.220 e. The first kappa shape index (κ1) is 28.1. The van der Waals surface area contributed by atoms with Crippen molar-refractivity contribution in [3.05, 3.63) is 31.4 Å². The molecule has 1 aromatic carbocycles. The maximum absolute atomic E-state index is 11.6. The van der Waals surface area contributed by atoms with Crippen molar-refractivity contribution in [3.8, 4) is 0 Å². The van der Waals surface area contributed by atoms with E-state index in [0.717, 1.165) is 37.2 Å². The number of anilines is 1. The lowest BCUT2D eigenvalue weighted by Gasteiger charge is -2.33. The van der Waals surface area contributed by atoms with Gasteiger partial charge in [-0.15, -0.1) is 0 Å². The molecule has 0 aliphatic heterocycles. The van der Waals surface area contributed by atoms with E-state index in [1.54, 1.807) is 0 Å². The highest BCUT2D eigenvalue weighted by Gasteiger charge is 2.29. The standard InChI is InChI=1S/C12H20N2O2S.C9H14S.C2H6/c1-4-9-10(11(15)12(9)17)14(3)6-8-16-7-5-13-2;1-6-5-7(10)8(6)9(2,3)4;1-2/h13H,4-8H2,1-3H3;5H2,1-4H3;1-2H3. The zero-order valence-corrected chi connectivity index (χ0v) is 21.5. The van der Waals surface area contributed by atoms with Crippen LogP contribution in [0.15, 0.2) is 15.9 Å². The van der Waals surface area contributed by atoms with E-state index >= 15 is 0 Å². The lowest BCUT2D eigenvalue weighted by molar-refractivity contribution is 0.144. The molecule has 0 fully saturated rings. The van der Waals surface area contributed by atoms with Crippen molar-refractivity contribution in [2.45, 2.75) is 61.3 Å². The molecule has 0 saturated carbocycles. The highest BCUT2D eigenvalue weighted by atomic mass is 32.1. The summed E-state index contributed by atoms with van der Waals surface area (Å²) in [5.74, 6) is 0. The van der Waals surface area contributed by atoms with Gasteiger partial charge in [-0.3, -0.25) is 4.79 Å². The van der Waals surface area contributed by atoms with Gasteiger partial charge in [0, 0.05) is 37.0 Å². The summed E-state index contributed by atoms with van der Waals surface area (Å²) in [6.45, 7) is 17.7. The molecule has 1 aliphatic rings. The number of allylic oxidation sites excluding steroid dienone is 2. The largest absolute Gasteiger partial charge is 0.378 e. The summed E-state index contributed by atoms with van der Waals surface area (Å²) in [5, 5.41) is 3.01. The van der Waals surface area contributed by atoms with E-state index in [2.05, 4.69) is 33.0 Å². The minimum absolute atomic E-state index is 0.00887. The van der Waals surface area contributed by atoms with Crippen molar-refractivity contribution in [1.29, 1.82) is 0 Å². The summed E-state index contributed by atoms with van der Waals surface area (Å²) in [7, 11) is 3.80. The van der Waals surface area contributed by atoms with Gasteiger partial charge in [-0.25, -0.2) is 0 Å². The Morgan fingerprint density at radius 3 is 2.14 bits per heavy atom. The molecule has 1 N–H and O–H groups in total. The van der Waals surface area contributed by atoms with Crippen molar-refractivity contribution in [3.63, 3.8) is 0 Å². The second kappa shape index (κ2) is 13.4. The summed E-state index contributed by atoms with van der Waals surface area (Å²) in [4.78, 5) is 14.7. The van der Waals surface area contributed by atoms with Crippen molar-refractivity contribution in [2.24, 2.45) is 5.41 Å². The van der Waals surface area contributed by atoms with Crippen LogP contribution in [0.1, 0.15) is 60.5 Å². The van der Waals surface area contributed by atoms with Gasteiger partial charge >= 0.3 is 0 Å². The molecule has 29 heavy (non-hydrogen) atoms. The first-order valence-corrected chi connectivity index (χ1v) is 11.4. The topological polar surface area (TPSA) is 41.6 Å². The van der Waals surface area contributed by atoms with E-state index in [1.165, 1.54) is 16.0 Å². The summed E-state index contributed by atoms with van der Waals surface area (Å²) in [6, 6.07) is 0. The molecule has 0 aromatic heterocycles. The number of hydrogen-bond donors (Lipinski definition) is 1. The van der Waals surface area contributed by atoms with Crippen molar-refractivity contribution >= 4 is 35.0 Å². The van der Waals surface area contributed by atoms with Crippen molar-refractivity contribution < 1.29 is 4.74 Å². The zero-order chi connectivity index (χ0) is 22.8. The Balaban J connectivity index is 0.000000554. The minimum atomic E-state index is 0.00887. The van der Waals surface area contributed by atoms with Gasteiger partial charge in [-0.05, 0) is 31.4 Å². The SMILES string of the molecule is CC.CC1=C(C(C)(C)C)C(=S)C1.CCc1c(N(C)CCOCCNC)c(=O)c1=S. The minimum Gasteiger partial charge on any atom is -0.378 e. The number of nitrogens with one attached hydrogen (secondary N) is 1. The average molecular weight is 441 g/mol. The fourth-order valence-corrected chi connectivity index (χ4v) is 4.39. The highest BCUT2D eigenvalue weighted by molar-refractivity contribution is 7.81. The van der Waals surface area contributed by atoms with E-state index in [9.17, 15) is 4.79 Å². The molecule has 0 saturated heterocycles. The molecule has 0 unspecified atom stereocenters. The van der Waals surface area contributed by atoms with Crippen LogP contribution in [0.3, 0.4) is 0 Å². The number of likely N-dealkylation sites (N-methyl/N-ethyl adjacent to an activating group) is 2. The second-order valence-corrected chi connectivity index (χ2v) is 8.88. The molecule has 0 atom stereocenters. The summed E-state index contributed by atoms with van der Waals surface area (Å²) in [5.41, 5.74) is 4.98. The Hall–Kier alpha value is -0.950. The van der Waals surface area contributed by atoms with Gasteiger partial charge in [-0.1, -0.05) is 71.6 Å². The molecule has 0 bridgehead atoms. The summed E-state index contributed by atoms with van der Waals surface area (Å²) >= 11 is 10.2. The quantitative estimate of drug-likeness (QED) is 0.451. The van der Waals surface area contributed by atoms with E-state index < -0.39 is 0 Å². The molecule has 4 nitrogen and oxygen atoms in total. The molecule has 0 amide bonds. The van der Waals surface area contributed by atoms with Gasteiger partial charge in [-0.2, -0.15) is 0 Å². The second-order valence-electron chi connectivity index (χ2n) is 7.98. The predicted octanol–water partition coefficient (Wildman–Crippen LogP) is 5.04. The molecule has 0 radical (unpaired) electrons. The molecule has 2 rings (SSSR count). The van der Waals surface area contributed by atoms with Gasteiger partial charge in [0.25, 0.3) is 0 Å². The van der Waals surface area contributed by atoms with E-state index in [4.69, 9.17) is 29.2 Å². The molecule has 6 heteroatoms. The van der Waals surface area contributed by atoms with E-state index in [1.807, 2.05) is 39.8 Å². The van der Waals surface area contributed by atoms with Gasteiger partial charge in [0.1, 0.15) is 0 Å². The first-order valence-electron chi connectivity index (χ1n) is 10.5. The Bertz CT molecular complexity index is 754. The molecule has 166 valence electrons. The van der Waals surface area contributed by atoms with Crippen LogP contribution in [0.2, 0.25) is 0 Å². The Morgan fingerprint density at radius 1 is 1.17 bits per heavy atom. The van der Waals surface area contributed by atoms with Gasteiger partial charge in [0.15, 0.2) is 0 Å². The number of thiocarbonyl (C=S) groups is 1. The Labute approximate surface area is 188 Å². The molecular formula is C23H40N2O2S2. The number of nitrogens with zero attached hydrogens (tertiary/aromatic N) is 1. The van der Waals surface area contributed by atoms with Crippen LogP contribution in [-0.2, 0) is 11.2 Å². The van der Waals surface area contributed by atoms with E-state index in [0.29, 0.717) is 17.7 Å². The maximum Gasteiger partial charge on any atom is 0.220 e. The van der Waals surface area contributed by atoms with Crippen LogP contribution < -0.4 is 15.6 Å². The fourth-order valence-electron chi connectivity index (χ4n) is 3.36. The third kappa shape index (κ3) is 8.00. The van der Waals surface area contributed by atoms with Crippen LogP contribution in [0.4, 0.5) is 5.69 Å². The van der Waals surface area contributed by atoms with Crippen LogP contribution in [0, 0.1) is 9.93 Å². The summed E-state index contributed by atoms with van der Waals surface area (Å²) < 4.78 is 5.93. The van der Waals surface area contributed by atoms with Crippen LogP contribution in [-0.4, -0.2) is 45.3 Å². The third-order valence-corrected chi connectivity index (χ3v) is 5.45. The van der Waals surface area contributed by atoms with Gasteiger partial charge in [0.2, 0.25) is 5.43 Å². The fraction of sp³-hybridized carbons (Fsp3) is 0.696. The van der Waals surface area contributed by atoms with Gasteiger partial charge in [0.05, 0.1) is 23.4 Å². The number of hydrogen-bond acceptors (Lipinski definition) is 6. The van der Waals surface area contributed by atoms with Crippen LogP contribution in [0.5, 0.6) is 0 Å².